The van der Waals surface area contributed by atoms with E-state index in [9.17, 15) is 4.79 Å². The smallest absolute Gasteiger partial charge is 0.254 e. The first-order valence-electron chi connectivity index (χ1n) is 5.91. The molecule has 1 saturated carbocycles. The van der Waals surface area contributed by atoms with Gasteiger partial charge in [0.15, 0.2) is 0 Å². The number of hydrogen-bond acceptors (Lipinski definition) is 2. The minimum absolute atomic E-state index is 0. The van der Waals surface area contributed by atoms with Crippen molar-refractivity contribution in [2.45, 2.75) is 25.8 Å². The van der Waals surface area contributed by atoms with Crippen molar-refractivity contribution in [1.82, 2.24) is 4.90 Å². The third kappa shape index (κ3) is 3.05. The molecule has 0 atom stereocenters. The lowest BCUT2D eigenvalue weighted by Crippen LogP contribution is -2.33. The molecule has 0 spiro atoms. The molecule has 1 aromatic rings. The van der Waals surface area contributed by atoms with Crippen LogP contribution in [0.2, 0.25) is 0 Å². The largest absolute Gasteiger partial charge is 0.399 e. The van der Waals surface area contributed by atoms with Gasteiger partial charge in [0, 0.05) is 23.8 Å². The van der Waals surface area contributed by atoms with Gasteiger partial charge in [0.2, 0.25) is 0 Å². The predicted octanol–water partition coefficient (Wildman–Crippen LogP) is 2.79. The first kappa shape index (κ1) is 14.6. The van der Waals surface area contributed by atoms with Crippen molar-refractivity contribution in [3.63, 3.8) is 0 Å². The van der Waals surface area contributed by atoms with Gasteiger partial charge in [0.25, 0.3) is 5.91 Å². The van der Waals surface area contributed by atoms with Crippen LogP contribution >= 0.6 is 12.4 Å². The van der Waals surface area contributed by atoms with E-state index in [1.807, 2.05) is 24.0 Å². The van der Waals surface area contributed by atoms with Crippen molar-refractivity contribution in [3.8, 4) is 0 Å². The molecule has 3 nitrogen and oxygen atoms in total. The number of aryl methyl sites for hydroxylation is 1. The molecule has 18 heavy (non-hydrogen) atoms. The summed E-state index contributed by atoms with van der Waals surface area (Å²) in [4.78, 5) is 14.3. The number of hydrogen-bond donors (Lipinski definition) is 1. The summed E-state index contributed by atoms with van der Waals surface area (Å²) in [6.07, 6.45) is 3.97. The highest BCUT2D eigenvalue weighted by Gasteiger charge is 2.32. The van der Waals surface area contributed by atoms with Crippen LogP contribution in [0, 0.1) is 6.92 Å². The van der Waals surface area contributed by atoms with Crippen LogP contribution in [0.25, 0.3) is 0 Å². The summed E-state index contributed by atoms with van der Waals surface area (Å²) >= 11 is 0. The zero-order valence-electron chi connectivity index (χ0n) is 10.6. The number of nitrogen functional groups attached to an aromatic ring is 1. The molecule has 2 N–H and O–H groups in total. The molecule has 0 aliphatic heterocycles. The molecular weight excluding hydrogens is 248 g/mol. The molecule has 98 valence electrons. The summed E-state index contributed by atoms with van der Waals surface area (Å²) < 4.78 is 0. The number of carbonyl (C=O) groups is 1. The van der Waals surface area contributed by atoms with Crippen LogP contribution in [0.15, 0.2) is 30.9 Å². The van der Waals surface area contributed by atoms with E-state index in [0.717, 1.165) is 18.4 Å². The number of anilines is 1. The van der Waals surface area contributed by atoms with Gasteiger partial charge in [-0.05, 0) is 37.5 Å². The Hall–Kier alpha value is -1.48. The van der Waals surface area contributed by atoms with Gasteiger partial charge < -0.3 is 10.6 Å². The van der Waals surface area contributed by atoms with Gasteiger partial charge in [-0.15, -0.1) is 19.0 Å². The highest BCUT2D eigenvalue weighted by atomic mass is 35.5. The number of amides is 1. The van der Waals surface area contributed by atoms with Gasteiger partial charge >= 0.3 is 0 Å². The first-order chi connectivity index (χ1) is 8.13. The van der Waals surface area contributed by atoms with Crippen LogP contribution in [0.3, 0.4) is 0 Å². The minimum atomic E-state index is 0. The summed E-state index contributed by atoms with van der Waals surface area (Å²) in [7, 11) is 0. The maximum Gasteiger partial charge on any atom is 0.254 e. The van der Waals surface area contributed by atoms with Crippen LogP contribution in [-0.2, 0) is 0 Å². The van der Waals surface area contributed by atoms with E-state index in [2.05, 4.69) is 6.58 Å². The van der Waals surface area contributed by atoms with E-state index < -0.39 is 0 Å². The predicted molar refractivity (Wildman–Crippen MR) is 77.1 cm³/mol. The van der Waals surface area contributed by atoms with Crippen LogP contribution in [0.1, 0.15) is 28.8 Å². The standard InChI is InChI=1S/C14H18N2O.ClH/c1-3-8-16(12-6-7-12)14(17)13-9-11(15)5-4-10(13)2;/h3-5,9,12H,1,6-8,15H2,2H3;1H. The molecule has 1 aromatic carbocycles. The van der Waals surface area contributed by atoms with Crippen molar-refractivity contribution < 1.29 is 4.79 Å². The van der Waals surface area contributed by atoms with E-state index in [1.165, 1.54) is 0 Å². The molecular formula is C14H19ClN2O. The second-order valence-corrected chi connectivity index (χ2v) is 4.55. The molecule has 1 aliphatic rings. The van der Waals surface area contributed by atoms with Crippen LogP contribution in [-0.4, -0.2) is 23.4 Å². The molecule has 4 heteroatoms. The Balaban J connectivity index is 0.00000162. The number of nitrogens with zero attached hydrogens (tertiary/aromatic N) is 1. The van der Waals surface area contributed by atoms with E-state index in [-0.39, 0.29) is 18.3 Å². The topological polar surface area (TPSA) is 46.3 Å². The normalized spacial score (nSPS) is 13.6. The van der Waals surface area contributed by atoms with Crippen LogP contribution < -0.4 is 5.73 Å². The number of rotatable bonds is 4. The number of carbonyl (C=O) groups excluding carboxylic acids is 1. The molecule has 0 aromatic heterocycles. The molecule has 1 aliphatic carbocycles. The van der Waals surface area contributed by atoms with Gasteiger partial charge in [0.05, 0.1) is 0 Å². The lowest BCUT2D eigenvalue weighted by Gasteiger charge is -2.21. The quantitative estimate of drug-likeness (QED) is 0.673. The van der Waals surface area contributed by atoms with Gasteiger partial charge in [-0.2, -0.15) is 0 Å². The fourth-order valence-corrected chi connectivity index (χ4v) is 1.95. The van der Waals surface area contributed by atoms with Crippen LogP contribution in [0.5, 0.6) is 0 Å². The third-order valence-electron chi connectivity index (χ3n) is 3.07. The van der Waals surface area contributed by atoms with Gasteiger partial charge in [-0.25, -0.2) is 0 Å². The van der Waals surface area contributed by atoms with E-state index in [1.54, 1.807) is 12.1 Å². The Labute approximate surface area is 114 Å². The van der Waals surface area contributed by atoms with E-state index in [4.69, 9.17) is 5.73 Å². The third-order valence-corrected chi connectivity index (χ3v) is 3.07. The fourth-order valence-electron chi connectivity index (χ4n) is 1.95. The SMILES string of the molecule is C=CCN(C(=O)c1cc(N)ccc1C)C1CC1.Cl. The lowest BCUT2D eigenvalue weighted by molar-refractivity contribution is 0.0762. The van der Waals surface area contributed by atoms with E-state index in [0.29, 0.717) is 23.8 Å². The van der Waals surface area contributed by atoms with Gasteiger partial charge in [-0.3, -0.25) is 4.79 Å². The van der Waals surface area contributed by atoms with Crippen molar-refractivity contribution >= 4 is 24.0 Å². The average molecular weight is 267 g/mol. The molecule has 0 saturated heterocycles. The second-order valence-electron chi connectivity index (χ2n) is 4.55. The van der Waals surface area contributed by atoms with Crippen molar-refractivity contribution in [1.29, 1.82) is 0 Å². The maximum absolute atomic E-state index is 12.4. The lowest BCUT2D eigenvalue weighted by atomic mass is 10.1. The first-order valence-corrected chi connectivity index (χ1v) is 5.91. The van der Waals surface area contributed by atoms with Crippen molar-refractivity contribution in [3.05, 3.63) is 42.0 Å². The highest BCUT2D eigenvalue weighted by Crippen LogP contribution is 2.29. The fraction of sp³-hybridized carbons (Fsp3) is 0.357. The number of halogens is 1. The molecule has 0 unspecified atom stereocenters. The Morgan fingerprint density at radius 3 is 2.78 bits per heavy atom. The molecule has 1 amide bonds. The summed E-state index contributed by atoms with van der Waals surface area (Å²) in [5, 5.41) is 0. The van der Waals surface area contributed by atoms with Crippen molar-refractivity contribution in [2.24, 2.45) is 0 Å². The Kier molecular flexibility index (Phi) is 4.79. The second kappa shape index (κ2) is 5.91. The number of nitrogens with two attached hydrogens (primary N) is 1. The summed E-state index contributed by atoms with van der Waals surface area (Å²) in [5.41, 5.74) is 8.05. The van der Waals surface area contributed by atoms with E-state index >= 15 is 0 Å². The molecule has 2 rings (SSSR count). The Morgan fingerprint density at radius 1 is 1.56 bits per heavy atom. The van der Waals surface area contributed by atoms with Crippen molar-refractivity contribution in [2.75, 3.05) is 12.3 Å². The minimum Gasteiger partial charge on any atom is -0.399 e. The summed E-state index contributed by atoms with van der Waals surface area (Å²) in [5.74, 6) is 0.0669. The zero-order valence-corrected chi connectivity index (χ0v) is 11.4. The van der Waals surface area contributed by atoms with Gasteiger partial charge in [-0.1, -0.05) is 12.1 Å². The Morgan fingerprint density at radius 2 is 2.22 bits per heavy atom. The number of benzene rings is 1. The van der Waals surface area contributed by atoms with Crippen LogP contribution in [0.4, 0.5) is 5.69 Å². The summed E-state index contributed by atoms with van der Waals surface area (Å²) in [6.45, 7) is 6.25. The highest BCUT2D eigenvalue weighted by molar-refractivity contribution is 5.97. The summed E-state index contributed by atoms with van der Waals surface area (Å²) in [6, 6.07) is 5.86. The maximum atomic E-state index is 12.4. The molecule has 1 fully saturated rings. The molecule has 0 heterocycles. The van der Waals surface area contributed by atoms with Gasteiger partial charge in [0.1, 0.15) is 0 Å². The zero-order chi connectivity index (χ0) is 12.4. The molecule has 0 bridgehead atoms. The average Bonchev–Trinajstić information content (AvgIpc) is 3.12. The Bertz CT molecular complexity index is 455. The monoisotopic (exact) mass is 266 g/mol. The molecule has 0 radical (unpaired) electrons.